The van der Waals surface area contributed by atoms with E-state index in [1.54, 1.807) is 4.57 Å². The number of nitrogens with one attached hydrogen (secondary N) is 1. The van der Waals surface area contributed by atoms with E-state index in [2.05, 4.69) is 22.2 Å². The van der Waals surface area contributed by atoms with E-state index in [-0.39, 0.29) is 36.6 Å². The van der Waals surface area contributed by atoms with Crippen molar-refractivity contribution in [2.75, 3.05) is 11.9 Å². The summed E-state index contributed by atoms with van der Waals surface area (Å²) in [4.78, 5) is 21.6. The van der Waals surface area contributed by atoms with Crippen LogP contribution in [0.5, 0.6) is 0 Å². The maximum absolute atomic E-state index is 12.9. The third-order valence-electron chi connectivity index (χ3n) is 5.97. The molecule has 0 spiro atoms. The molecule has 0 aliphatic carbocycles. The molecule has 0 aromatic carbocycles. The molecule has 1 saturated heterocycles. The quantitative estimate of drug-likeness (QED) is 0.382. The molecule has 0 saturated carbocycles. The van der Waals surface area contributed by atoms with E-state index in [4.69, 9.17) is 4.74 Å². The number of aliphatic hydroxyl groups excluding tert-OH is 4. The SMILES string of the molecule is CCCCC[C@H](O)[C@H]1C[C@@H](O)n2c(nc3c(ncn3[C@H]3C[C@H](O)[C@@H](CO)O3)c2=O)N1. The lowest BCUT2D eigenvalue weighted by Gasteiger charge is -2.33. The number of ether oxygens (including phenoxy) is 1. The fourth-order valence-electron chi connectivity index (χ4n) is 4.24. The van der Waals surface area contributed by atoms with Gasteiger partial charge in [0, 0.05) is 12.8 Å². The van der Waals surface area contributed by atoms with Crippen LogP contribution < -0.4 is 10.9 Å². The molecule has 0 bridgehead atoms. The summed E-state index contributed by atoms with van der Waals surface area (Å²) in [6.07, 6.45) is 1.40. The Bertz CT molecular complexity index is 945. The molecule has 2 aliphatic rings. The summed E-state index contributed by atoms with van der Waals surface area (Å²) >= 11 is 0. The zero-order valence-electron chi connectivity index (χ0n) is 16.9. The minimum absolute atomic E-state index is 0.0760. The molecule has 1 fully saturated rings. The maximum Gasteiger partial charge on any atom is 0.285 e. The van der Waals surface area contributed by atoms with E-state index in [1.807, 2.05) is 0 Å². The molecule has 4 heterocycles. The minimum atomic E-state index is -1.12. The third-order valence-corrected chi connectivity index (χ3v) is 5.97. The van der Waals surface area contributed by atoms with Gasteiger partial charge in [0.05, 0.1) is 31.2 Å². The van der Waals surface area contributed by atoms with Crippen molar-refractivity contribution < 1.29 is 25.2 Å². The van der Waals surface area contributed by atoms with Gasteiger partial charge < -0.3 is 30.5 Å². The largest absolute Gasteiger partial charge is 0.394 e. The Labute approximate surface area is 173 Å². The Morgan fingerprint density at radius 1 is 1.33 bits per heavy atom. The topological polar surface area (TPSA) is 155 Å². The van der Waals surface area contributed by atoms with Gasteiger partial charge in [0.25, 0.3) is 5.56 Å². The average Bonchev–Trinajstić information content (AvgIpc) is 3.30. The van der Waals surface area contributed by atoms with Crippen molar-refractivity contribution >= 4 is 17.1 Å². The van der Waals surface area contributed by atoms with Gasteiger partial charge in [0.1, 0.15) is 18.6 Å². The lowest BCUT2D eigenvalue weighted by Crippen LogP contribution is -2.44. The summed E-state index contributed by atoms with van der Waals surface area (Å²) in [6.45, 7) is 1.77. The molecular weight excluding hydrogens is 394 g/mol. The highest BCUT2D eigenvalue weighted by atomic mass is 16.5. The van der Waals surface area contributed by atoms with E-state index in [9.17, 15) is 25.2 Å². The van der Waals surface area contributed by atoms with Gasteiger partial charge in [0.15, 0.2) is 11.2 Å². The second kappa shape index (κ2) is 8.60. The van der Waals surface area contributed by atoms with Crippen LogP contribution in [-0.2, 0) is 4.74 Å². The van der Waals surface area contributed by atoms with Gasteiger partial charge in [-0.2, -0.15) is 4.98 Å². The molecule has 2 aromatic heterocycles. The van der Waals surface area contributed by atoms with Crippen molar-refractivity contribution in [3.8, 4) is 0 Å². The molecular formula is C19H29N5O6. The van der Waals surface area contributed by atoms with Crippen molar-refractivity contribution in [3.05, 3.63) is 16.7 Å². The van der Waals surface area contributed by atoms with Gasteiger partial charge in [-0.05, 0) is 6.42 Å². The molecule has 11 heteroatoms. The van der Waals surface area contributed by atoms with Crippen LogP contribution in [-0.4, -0.2) is 70.5 Å². The number of hydrogen-bond donors (Lipinski definition) is 5. The second-order valence-electron chi connectivity index (χ2n) is 8.08. The summed E-state index contributed by atoms with van der Waals surface area (Å²) in [5.74, 6) is 0.157. The van der Waals surface area contributed by atoms with Gasteiger partial charge in [0.2, 0.25) is 5.95 Å². The number of aliphatic hydroxyl groups is 4. The van der Waals surface area contributed by atoms with Crippen LogP contribution in [0.3, 0.4) is 0 Å². The summed E-state index contributed by atoms with van der Waals surface area (Å²) < 4.78 is 8.36. The molecule has 5 N–H and O–H groups in total. The molecule has 0 radical (unpaired) electrons. The maximum atomic E-state index is 12.9. The van der Waals surface area contributed by atoms with Crippen LogP contribution in [0.2, 0.25) is 0 Å². The molecule has 0 amide bonds. The van der Waals surface area contributed by atoms with Crippen LogP contribution in [0.4, 0.5) is 5.95 Å². The zero-order chi connectivity index (χ0) is 21.4. The van der Waals surface area contributed by atoms with E-state index in [0.717, 1.165) is 23.8 Å². The number of anilines is 1. The van der Waals surface area contributed by atoms with E-state index >= 15 is 0 Å². The van der Waals surface area contributed by atoms with Crippen LogP contribution in [0.25, 0.3) is 11.2 Å². The first kappa shape index (κ1) is 21.2. The van der Waals surface area contributed by atoms with E-state index in [1.165, 1.54) is 6.33 Å². The van der Waals surface area contributed by atoms with Crippen LogP contribution in [0, 0.1) is 0 Å². The van der Waals surface area contributed by atoms with Gasteiger partial charge in [-0.25, -0.2) is 9.55 Å². The van der Waals surface area contributed by atoms with Crippen LogP contribution in [0.15, 0.2) is 11.1 Å². The van der Waals surface area contributed by atoms with E-state index < -0.39 is 42.4 Å². The highest BCUT2D eigenvalue weighted by molar-refractivity contribution is 5.71. The molecule has 11 nitrogen and oxygen atoms in total. The highest BCUT2D eigenvalue weighted by Gasteiger charge is 2.37. The number of hydrogen-bond acceptors (Lipinski definition) is 9. The van der Waals surface area contributed by atoms with Crippen molar-refractivity contribution in [1.82, 2.24) is 19.1 Å². The minimum Gasteiger partial charge on any atom is -0.394 e. The number of nitrogens with zero attached hydrogens (tertiary/aromatic N) is 4. The average molecular weight is 423 g/mol. The molecule has 4 rings (SSSR count). The number of aromatic nitrogens is 4. The Hall–Kier alpha value is -2.05. The molecule has 2 aliphatic heterocycles. The lowest BCUT2D eigenvalue weighted by molar-refractivity contribution is -0.0432. The van der Waals surface area contributed by atoms with Gasteiger partial charge in [-0.15, -0.1) is 0 Å². The number of rotatable bonds is 7. The Balaban J connectivity index is 1.65. The smallest absolute Gasteiger partial charge is 0.285 e. The molecule has 166 valence electrons. The van der Waals surface area contributed by atoms with Crippen LogP contribution >= 0.6 is 0 Å². The third kappa shape index (κ3) is 3.71. The highest BCUT2D eigenvalue weighted by Crippen LogP contribution is 2.32. The van der Waals surface area contributed by atoms with Crippen molar-refractivity contribution in [2.24, 2.45) is 0 Å². The Kier molecular flexibility index (Phi) is 6.07. The van der Waals surface area contributed by atoms with Gasteiger partial charge >= 0.3 is 0 Å². The number of imidazole rings is 1. The fourth-order valence-corrected chi connectivity index (χ4v) is 4.24. The summed E-state index contributed by atoms with van der Waals surface area (Å²) in [5.41, 5.74) is -0.167. The van der Waals surface area contributed by atoms with Crippen LogP contribution in [0.1, 0.15) is 57.9 Å². The Morgan fingerprint density at radius 2 is 2.13 bits per heavy atom. The molecule has 0 unspecified atom stereocenters. The van der Waals surface area contributed by atoms with Crippen molar-refractivity contribution in [3.63, 3.8) is 0 Å². The lowest BCUT2D eigenvalue weighted by atomic mass is 9.99. The summed E-state index contributed by atoms with van der Waals surface area (Å²) in [6, 6.07) is -0.430. The second-order valence-corrected chi connectivity index (χ2v) is 8.08. The number of fused-ring (bicyclic) bond motifs is 2. The summed E-state index contributed by atoms with van der Waals surface area (Å²) in [7, 11) is 0. The van der Waals surface area contributed by atoms with E-state index in [0.29, 0.717) is 6.42 Å². The van der Waals surface area contributed by atoms with Crippen molar-refractivity contribution in [1.29, 1.82) is 0 Å². The molecule has 30 heavy (non-hydrogen) atoms. The first-order valence-corrected chi connectivity index (χ1v) is 10.5. The monoisotopic (exact) mass is 423 g/mol. The predicted octanol–water partition coefficient (Wildman–Crippen LogP) is -0.150. The molecule has 6 atom stereocenters. The Morgan fingerprint density at radius 3 is 2.83 bits per heavy atom. The first-order chi connectivity index (χ1) is 14.4. The fraction of sp³-hybridized carbons (Fsp3) is 0.737. The first-order valence-electron chi connectivity index (χ1n) is 10.5. The zero-order valence-corrected chi connectivity index (χ0v) is 16.9. The number of unbranched alkanes of at least 4 members (excludes halogenated alkanes) is 2. The normalized spacial score (nSPS) is 29.7. The molecule has 2 aromatic rings. The summed E-state index contributed by atoms with van der Waals surface area (Å²) in [5, 5.41) is 43.5. The standard InChI is InChI=1S/C19H29N5O6/c1-2-3-4-5-11(26)10-6-14(28)24-18(29)16-17(22-19(24)21-10)23(9-20-16)15-7-12(27)13(8-25)30-15/h9-15,25-28H,2-8H2,1H3,(H,21,22)/t10-,11+,12+,13-,14-,15-/m1/s1. The van der Waals surface area contributed by atoms with Gasteiger partial charge in [-0.1, -0.05) is 26.2 Å². The predicted molar refractivity (Wildman–Crippen MR) is 107 cm³/mol. The van der Waals surface area contributed by atoms with Gasteiger partial charge in [-0.3, -0.25) is 9.36 Å². The van der Waals surface area contributed by atoms with Crippen molar-refractivity contribution in [2.45, 2.75) is 82.3 Å².